The number of nitrogens with one attached hydrogen (secondary N) is 1. The number of hydrogen-bond acceptors (Lipinski definition) is 2. The third-order valence-electron chi connectivity index (χ3n) is 5.00. The Hall–Kier alpha value is -1.67. The highest BCUT2D eigenvalue weighted by Crippen LogP contribution is 2.42. The normalized spacial score (nSPS) is 23.0. The zero-order valence-electron chi connectivity index (χ0n) is 12.8. The van der Waals surface area contributed by atoms with Gasteiger partial charge in [0.2, 0.25) is 0 Å². The molecule has 2 aromatic rings. The van der Waals surface area contributed by atoms with E-state index in [2.05, 4.69) is 42.6 Å². The third-order valence-corrected chi connectivity index (χ3v) is 5.23. The number of ether oxygens (including phenoxy) is 1. The molecule has 114 valence electrons. The summed E-state index contributed by atoms with van der Waals surface area (Å²) < 4.78 is 6.19. The van der Waals surface area contributed by atoms with Gasteiger partial charge in [0.1, 0.15) is 5.75 Å². The van der Waals surface area contributed by atoms with Crippen LogP contribution in [0.15, 0.2) is 36.4 Å². The van der Waals surface area contributed by atoms with Gasteiger partial charge in [0.05, 0.1) is 12.3 Å². The maximum atomic E-state index is 6.19. The Kier molecular flexibility index (Phi) is 3.30. The molecule has 2 nitrogen and oxygen atoms in total. The Morgan fingerprint density at radius 3 is 3.00 bits per heavy atom. The molecule has 0 amide bonds. The fraction of sp³-hybridized carbons (Fsp3) is 0.368. The fourth-order valence-electron chi connectivity index (χ4n) is 3.81. The van der Waals surface area contributed by atoms with Gasteiger partial charge in [-0.25, -0.2) is 0 Å². The Balaban J connectivity index is 1.73. The van der Waals surface area contributed by atoms with Gasteiger partial charge in [-0.2, -0.15) is 0 Å². The highest BCUT2D eigenvalue weighted by molar-refractivity contribution is 6.30. The van der Waals surface area contributed by atoms with Gasteiger partial charge in [0.15, 0.2) is 0 Å². The predicted molar refractivity (Wildman–Crippen MR) is 91.2 cm³/mol. The van der Waals surface area contributed by atoms with Crippen LogP contribution in [-0.2, 0) is 11.8 Å². The molecule has 1 heterocycles. The van der Waals surface area contributed by atoms with E-state index < -0.39 is 0 Å². The summed E-state index contributed by atoms with van der Waals surface area (Å²) in [6.07, 6.45) is 3.46. The quantitative estimate of drug-likeness (QED) is 0.759. The van der Waals surface area contributed by atoms with Crippen molar-refractivity contribution in [3.8, 4) is 5.75 Å². The highest BCUT2D eigenvalue weighted by Gasteiger charge is 2.39. The minimum Gasteiger partial charge on any atom is -0.490 e. The van der Waals surface area contributed by atoms with E-state index in [-0.39, 0.29) is 5.41 Å². The summed E-state index contributed by atoms with van der Waals surface area (Å²) in [7, 11) is 0. The van der Waals surface area contributed by atoms with Gasteiger partial charge in [0.25, 0.3) is 0 Å². The standard InChI is InChI=1S/C19H20ClNO/c1-13-4-7-18-17(9-13)21-11-19(12-22-18)8-2-3-14-10-15(20)5-6-16(14)19/h4-7,9-10,21H,2-3,8,11-12H2,1H3/t19-/m0/s1. The molecule has 0 unspecified atom stereocenters. The van der Waals surface area contributed by atoms with Gasteiger partial charge in [-0.1, -0.05) is 23.7 Å². The Labute approximate surface area is 136 Å². The highest BCUT2D eigenvalue weighted by atomic mass is 35.5. The van der Waals surface area contributed by atoms with Gasteiger partial charge in [-0.05, 0) is 67.1 Å². The second-order valence-corrected chi connectivity index (χ2v) is 7.01. The van der Waals surface area contributed by atoms with Gasteiger partial charge >= 0.3 is 0 Å². The van der Waals surface area contributed by atoms with E-state index in [1.54, 1.807) is 0 Å². The van der Waals surface area contributed by atoms with E-state index in [1.807, 2.05) is 6.07 Å². The number of benzene rings is 2. The van der Waals surface area contributed by atoms with Crippen molar-refractivity contribution >= 4 is 17.3 Å². The molecular weight excluding hydrogens is 294 g/mol. The molecule has 0 saturated carbocycles. The predicted octanol–water partition coefficient (Wildman–Crippen LogP) is 4.73. The minimum absolute atomic E-state index is 0.0467. The van der Waals surface area contributed by atoms with Crippen molar-refractivity contribution in [1.29, 1.82) is 0 Å². The summed E-state index contributed by atoms with van der Waals surface area (Å²) in [5, 5.41) is 4.45. The van der Waals surface area contributed by atoms with Crippen LogP contribution in [0.25, 0.3) is 0 Å². The molecule has 4 rings (SSSR count). The van der Waals surface area contributed by atoms with Crippen molar-refractivity contribution in [2.45, 2.75) is 31.6 Å². The molecule has 0 bridgehead atoms. The average Bonchev–Trinajstić information content (AvgIpc) is 2.68. The molecule has 22 heavy (non-hydrogen) atoms. The lowest BCUT2D eigenvalue weighted by molar-refractivity contribution is 0.210. The molecule has 0 saturated heterocycles. The van der Waals surface area contributed by atoms with E-state index in [1.165, 1.54) is 23.1 Å². The van der Waals surface area contributed by atoms with E-state index in [9.17, 15) is 0 Å². The van der Waals surface area contributed by atoms with Crippen LogP contribution in [0, 0.1) is 6.92 Å². The van der Waals surface area contributed by atoms with Gasteiger partial charge in [-0.3, -0.25) is 0 Å². The lowest BCUT2D eigenvalue weighted by Gasteiger charge is -2.37. The topological polar surface area (TPSA) is 21.3 Å². The second-order valence-electron chi connectivity index (χ2n) is 6.58. The number of rotatable bonds is 0. The molecule has 1 N–H and O–H groups in total. The molecular formula is C19H20ClNO. The van der Waals surface area contributed by atoms with Crippen LogP contribution in [0.5, 0.6) is 5.75 Å². The zero-order valence-corrected chi connectivity index (χ0v) is 13.5. The second kappa shape index (κ2) is 5.20. The fourth-order valence-corrected chi connectivity index (χ4v) is 4.01. The molecule has 1 atom stereocenters. The van der Waals surface area contributed by atoms with Crippen molar-refractivity contribution < 1.29 is 4.74 Å². The summed E-state index contributed by atoms with van der Waals surface area (Å²) >= 11 is 6.18. The van der Waals surface area contributed by atoms with Crippen LogP contribution < -0.4 is 10.1 Å². The first kappa shape index (κ1) is 14.0. The van der Waals surface area contributed by atoms with Crippen LogP contribution in [0.4, 0.5) is 5.69 Å². The van der Waals surface area contributed by atoms with E-state index >= 15 is 0 Å². The SMILES string of the molecule is Cc1ccc2c(c1)NC[C@@]1(CCCc3cc(Cl)ccc31)CO2. The molecule has 1 aliphatic heterocycles. The van der Waals surface area contributed by atoms with Gasteiger partial charge < -0.3 is 10.1 Å². The van der Waals surface area contributed by atoms with Crippen molar-refractivity contribution in [2.24, 2.45) is 0 Å². The lowest BCUT2D eigenvalue weighted by Crippen LogP contribution is -2.41. The number of anilines is 1. The van der Waals surface area contributed by atoms with E-state index in [4.69, 9.17) is 16.3 Å². The Bertz CT molecular complexity index is 727. The summed E-state index contributed by atoms with van der Waals surface area (Å²) in [6, 6.07) is 12.7. The first-order chi connectivity index (χ1) is 10.7. The van der Waals surface area contributed by atoms with Crippen LogP contribution >= 0.6 is 11.6 Å². The number of fused-ring (bicyclic) bond motifs is 3. The van der Waals surface area contributed by atoms with Crippen LogP contribution in [0.2, 0.25) is 5.02 Å². The maximum absolute atomic E-state index is 6.19. The molecule has 2 aromatic carbocycles. The van der Waals surface area contributed by atoms with Crippen molar-refractivity contribution in [2.75, 3.05) is 18.5 Å². The van der Waals surface area contributed by atoms with Gasteiger partial charge in [-0.15, -0.1) is 0 Å². The van der Waals surface area contributed by atoms with Crippen LogP contribution in [-0.4, -0.2) is 13.2 Å². The number of halogens is 1. The van der Waals surface area contributed by atoms with Crippen molar-refractivity contribution in [3.05, 3.63) is 58.1 Å². The number of aryl methyl sites for hydroxylation is 2. The molecule has 2 aliphatic rings. The van der Waals surface area contributed by atoms with Crippen molar-refractivity contribution in [3.63, 3.8) is 0 Å². The molecule has 0 aromatic heterocycles. The summed E-state index contributed by atoms with van der Waals surface area (Å²) in [6.45, 7) is 3.75. The molecule has 1 spiro atoms. The van der Waals surface area contributed by atoms with Crippen molar-refractivity contribution in [1.82, 2.24) is 0 Å². The number of hydrogen-bond donors (Lipinski definition) is 1. The Morgan fingerprint density at radius 2 is 2.09 bits per heavy atom. The maximum Gasteiger partial charge on any atom is 0.142 e. The smallest absolute Gasteiger partial charge is 0.142 e. The summed E-state index contributed by atoms with van der Waals surface area (Å²) in [5.41, 5.74) is 5.19. The molecule has 1 aliphatic carbocycles. The lowest BCUT2D eigenvalue weighted by atomic mass is 9.70. The first-order valence-corrected chi connectivity index (χ1v) is 8.30. The summed E-state index contributed by atoms with van der Waals surface area (Å²) in [4.78, 5) is 0. The van der Waals surface area contributed by atoms with Crippen LogP contribution in [0.1, 0.15) is 29.5 Å². The third kappa shape index (κ3) is 2.26. The zero-order chi connectivity index (χ0) is 15.2. The van der Waals surface area contributed by atoms with Crippen LogP contribution in [0.3, 0.4) is 0 Å². The first-order valence-electron chi connectivity index (χ1n) is 7.93. The van der Waals surface area contributed by atoms with E-state index in [0.717, 1.165) is 42.5 Å². The minimum atomic E-state index is 0.0467. The largest absolute Gasteiger partial charge is 0.490 e. The molecule has 0 radical (unpaired) electrons. The molecule has 3 heteroatoms. The Morgan fingerprint density at radius 1 is 1.18 bits per heavy atom. The van der Waals surface area contributed by atoms with E-state index in [0.29, 0.717) is 0 Å². The monoisotopic (exact) mass is 313 g/mol. The van der Waals surface area contributed by atoms with Gasteiger partial charge in [0, 0.05) is 17.0 Å². The summed E-state index contributed by atoms with van der Waals surface area (Å²) in [5.74, 6) is 0.962. The average molecular weight is 314 g/mol. The molecule has 0 fully saturated rings.